The van der Waals surface area contributed by atoms with Crippen molar-refractivity contribution in [1.29, 1.82) is 0 Å². The fraction of sp³-hybridized carbons (Fsp3) is 0.105. The monoisotopic (exact) mass is 463 g/mol. The molecule has 3 N–H and O–H groups in total. The lowest BCUT2D eigenvalue weighted by molar-refractivity contribution is 0.340. The molecule has 0 unspecified atom stereocenters. The van der Waals surface area contributed by atoms with E-state index in [1.54, 1.807) is 12.1 Å². The summed E-state index contributed by atoms with van der Waals surface area (Å²) in [4.78, 5) is 0.0650. The van der Waals surface area contributed by atoms with Crippen LogP contribution in [0.25, 0.3) is 0 Å². The summed E-state index contributed by atoms with van der Waals surface area (Å²) in [6.07, 6.45) is 0. The van der Waals surface area contributed by atoms with E-state index in [0.717, 1.165) is 11.4 Å². The molecular weight excluding hydrogens is 446 g/mol. The van der Waals surface area contributed by atoms with Crippen LogP contribution in [-0.4, -0.2) is 30.3 Å². The second kappa shape index (κ2) is 9.70. The normalized spacial score (nSPS) is 10.9. The second-order valence-electron chi connectivity index (χ2n) is 5.91. The van der Waals surface area contributed by atoms with Crippen LogP contribution in [0.4, 0.5) is 17.2 Å². The molecule has 0 spiro atoms. The summed E-state index contributed by atoms with van der Waals surface area (Å²) in [7, 11) is -3.81. The second-order valence-corrected chi connectivity index (χ2v) is 8.39. The number of rotatable bonds is 7. The summed E-state index contributed by atoms with van der Waals surface area (Å²) < 4.78 is 32.6. The molecule has 0 saturated carbocycles. The third kappa shape index (κ3) is 6.02. The van der Waals surface area contributed by atoms with Gasteiger partial charge in [0.1, 0.15) is 5.75 Å². The third-order valence-electron chi connectivity index (χ3n) is 3.72. The van der Waals surface area contributed by atoms with E-state index in [1.165, 1.54) is 24.3 Å². The van der Waals surface area contributed by atoms with Crippen molar-refractivity contribution in [2.45, 2.75) is 11.8 Å². The first kappa shape index (κ1) is 21.8. The first-order chi connectivity index (χ1) is 14.4. The fourth-order valence-electron chi connectivity index (χ4n) is 2.38. The quantitative estimate of drug-likeness (QED) is 0.449. The zero-order valence-corrected chi connectivity index (χ0v) is 18.2. The van der Waals surface area contributed by atoms with Gasteiger partial charge in [0, 0.05) is 11.4 Å². The van der Waals surface area contributed by atoms with E-state index in [9.17, 15) is 8.42 Å². The van der Waals surface area contributed by atoms with Crippen LogP contribution in [0.1, 0.15) is 6.92 Å². The van der Waals surface area contributed by atoms with E-state index in [-0.39, 0.29) is 15.9 Å². The average Bonchev–Trinajstić information content (AvgIpc) is 2.72. The Kier molecular flexibility index (Phi) is 7.03. The third-order valence-corrected chi connectivity index (χ3v) is 5.49. The Morgan fingerprint density at radius 2 is 1.57 bits per heavy atom. The van der Waals surface area contributed by atoms with Gasteiger partial charge < -0.3 is 15.4 Å². The van der Waals surface area contributed by atoms with Gasteiger partial charge in [-0.25, -0.2) is 8.42 Å². The van der Waals surface area contributed by atoms with Crippen molar-refractivity contribution >= 4 is 56.1 Å². The van der Waals surface area contributed by atoms with Gasteiger partial charge in [0.15, 0.2) is 16.1 Å². The number of ether oxygens (including phenoxy) is 1. The minimum absolute atomic E-state index is 0.0650. The smallest absolute Gasteiger partial charge is 0.263 e. The van der Waals surface area contributed by atoms with Gasteiger partial charge in [0.25, 0.3) is 10.0 Å². The molecule has 3 rings (SSSR count). The predicted molar refractivity (Wildman–Crippen MR) is 122 cm³/mol. The summed E-state index contributed by atoms with van der Waals surface area (Å²) in [6.45, 7) is 2.52. The van der Waals surface area contributed by atoms with Crippen molar-refractivity contribution < 1.29 is 13.2 Å². The van der Waals surface area contributed by atoms with E-state index in [1.807, 2.05) is 31.2 Å². The van der Waals surface area contributed by atoms with E-state index >= 15 is 0 Å². The summed E-state index contributed by atoms with van der Waals surface area (Å²) in [6, 6.07) is 16.4. The molecule has 30 heavy (non-hydrogen) atoms. The molecule has 0 atom stereocenters. The topological polar surface area (TPSA) is 105 Å². The van der Waals surface area contributed by atoms with Crippen molar-refractivity contribution in [2.24, 2.45) is 0 Å². The Morgan fingerprint density at radius 3 is 2.10 bits per heavy atom. The van der Waals surface area contributed by atoms with Crippen LogP contribution in [0.5, 0.6) is 5.75 Å². The van der Waals surface area contributed by atoms with E-state index in [0.29, 0.717) is 17.4 Å². The summed E-state index contributed by atoms with van der Waals surface area (Å²) in [5, 5.41) is 13.9. The molecule has 1 aromatic heterocycles. The molecule has 0 fully saturated rings. The molecule has 156 valence electrons. The Morgan fingerprint density at radius 1 is 0.967 bits per heavy atom. The van der Waals surface area contributed by atoms with Gasteiger partial charge >= 0.3 is 0 Å². The van der Waals surface area contributed by atoms with Gasteiger partial charge in [0.2, 0.25) is 0 Å². The van der Waals surface area contributed by atoms with E-state index in [4.69, 9.17) is 28.6 Å². The number of benzene rings is 2. The lowest BCUT2D eigenvalue weighted by Crippen LogP contribution is -2.19. The molecule has 8 nitrogen and oxygen atoms in total. The van der Waals surface area contributed by atoms with Gasteiger partial charge in [-0.15, -0.1) is 10.2 Å². The van der Waals surface area contributed by atoms with Crippen LogP contribution < -0.4 is 20.1 Å². The highest BCUT2D eigenvalue weighted by molar-refractivity contribution is 7.92. The van der Waals surface area contributed by atoms with E-state index in [2.05, 4.69) is 25.6 Å². The van der Waals surface area contributed by atoms with Crippen molar-refractivity contribution in [3.63, 3.8) is 0 Å². The highest BCUT2D eigenvalue weighted by Gasteiger charge is 2.15. The van der Waals surface area contributed by atoms with Gasteiger partial charge in [-0.1, -0.05) is 11.6 Å². The highest BCUT2D eigenvalue weighted by atomic mass is 35.5. The Balaban J connectivity index is 1.60. The predicted octanol–water partition coefficient (Wildman–Crippen LogP) is 4.14. The van der Waals surface area contributed by atoms with Crippen LogP contribution in [0.15, 0.2) is 65.6 Å². The van der Waals surface area contributed by atoms with Crippen molar-refractivity contribution in [2.75, 3.05) is 22.0 Å². The number of anilines is 3. The standard InChI is InChI=1S/C19H18ClN5O3S2/c1-2-28-15-7-3-13(4-8-15)21-19(29)22-14-5-9-16(10-6-14)30(26,27)25-18-12-11-17(20)23-24-18/h3-12H,2H2,1H3,(H,24,25)(H2,21,22,29). The average molecular weight is 464 g/mol. The minimum Gasteiger partial charge on any atom is -0.494 e. The van der Waals surface area contributed by atoms with Crippen molar-refractivity contribution in [1.82, 2.24) is 10.2 Å². The molecule has 0 aliphatic heterocycles. The molecule has 11 heteroatoms. The first-order valence-electron chi connectivity index (χ1n) is 8.79. The number of sulfonamides is 1. The maximum absolute atomic E-state index is 12.5. The van der Waals surface area contributed by atoms with Crippen LogP contribution in [0.3, 0.4) is 0 Å². The van der Waals surface area contributed by atoms with Crippen LogP contribution in [0.2, 0.25) is 5.15 Å². The SMILES string of the molecule is CCOc1ccc(NC(=S)Nc2ccc(S(=O)(=O)Nc3ccc(Cl)nn3)cc2)cc1. The molecule has 0 aliphatic carbocycles. The number of aromatic nitrogens is 2. The molecule has 1 heterocycles. The van der Waals surface area contributed by atoms with Crippen molar-refractivity contribution in [3.8, 4) is 5.75 Å². The lowest BCUT2D eigenvalue weighted by Gasteiger charge is -2.12. The van der Waals surface area contributed by atoms with Crippen LogP contribution >= 0.6 is 23.8 Å². The number of thiocarbonyl (C=S) groups is 1. The number of hydrogen-bond donors (Lipinski definition) is 3. The number of halogens is 1. The van der Waals surface area contributed by atoms with Crippen LogP contribution in [-0.2, 0) is 10.0 Å². The number of nitrogens with zero attached hydrogens (tertiary/aromatic N) is 2. The van der Waals surface area contributed by atoms with E-state index < -0.39 is 10.0 Å². The number of hydrogen-bond acceptors (Lipinski definition) is 6. The lowest BCUT2D eigenvalue weighted by atomic mass is 10.3. The summed E-state index contributed by atoms with van der Waals surface area (Å²) in [5.74, 6) is 0.847. The molecular formula is C19H18ClN5O3S2. The molecule has 2 aromatic carbocycles. The van der Waals surface area contributed by atoms with Gasteiger partial charge in [-0.3, -0.25) is 4.72 Å². The maximum atomic E-state index is 12.5. The Labute approximate surface area is 184 Å². The molecule has 3 aromatic rings. The number of nitrogens with one attached hydrogen (secondary N) is 3. The molecule has 0 bridgehead atoms. The molecule has 0 saturated heterocycles. The zero-order valence-electron chi connectivity index (χ0n) is 15.8. The van der Waals surface area contributed by atoms with Gasteiger partial charge in [0.05, 0.1) is 11.5 Å². The van der Waals surface area contributed by atoms with Gasteiger partial charge in [-0.05, 0) is 79.8 Å². The largest absolute Gasteiger partial charge is 0.494 e. The molecule has 0 radical (unpaired) electrons. The first-order valence-corrected chi connectivity index (χ1v) is 11.1. The maximum Gasteiger partial charge on any atom is 0.263 e. The summed E-state index contributed by atoms with van der Waals surface area (Å²) in [5.41, 5.74) is 1.42. The Bertz CT molecular complexity index is 1110. The van der Waals surface area contributed by atoms with Crippen molar-refractivity contribution in [3.05, 3.63) is 65.8 Å². The molecule has 0 aliphatic rings. The highest BCUT2D eigenvalue weighted by Crippen LogP contribution is 2.19. The summed E-state index contributed by atoms with van der Waals surface area (Å²) >= 11 is 10.9. The van der Waals surface area contributed by atoms with Gasteiger partial charge in [-0.2, -0.15) is 0 Å². The van der Waals surface area contributed by atoms with Crippen LogP contribution in [0, 0.1) is 0 Å². The Hall–Kier alpha value is -2.95. The zero-order chi connectivity index (χ0) is 21.6. The fourth-order valence-corrected chi connectivity index (χ4v) is 3.71. The molecule has 0 amide bonds. The minimum atomic E-state index is -3.81.